The van der Waals surface area contributed by atoms with E-state index in [4.69, 9.17) is 0 Å². The average Bonchev–Trinajstić information content (AvgIpc) is 3.57. The molecule has 6 rings (SSSR count). The largest absolute Gasteiger partial charge is 0.324 e. The van der Waals surface area contributed by atoms with Crippen molar-refractivity contribution in [3.63, 3.8) is 0 Å². The number of benzene rings is 1. The van der Waals surface area contributed by atoms with E-state index in [9.17, 15) is 19.2 Å². The summed E-state index contributed by atoms with van der Waals surface area (Å²) in [7, 11) is 0. The number of piperidine rings is 1. The van der Waals surface area contributed by atoms with Gasteiger partial charge in [-0.3, -0.25) is 24.5 Å². The summed E-state index contributed by atoms with van der Waals surface area (Å²) in [5.74, 6) is -1.47. The van der Waals surface area contributed by atoms with Gasteiger partial charge in [-0.2, -0.15) is 0 Å². The first kappa shape index (κ1) is 21.6. The van der Waals surface area contributed by atoms with Gasteiger partial charge < -0.3 is 14.6 Å². The molecule has 5 heterocycles. The molecule has 12 heteroatoms. The number of hydrogen-bond donors (Lipinski definition) is 2. The summed E-state index contributed by atoms with van der Waals surface area (Å²) >= 11 is 0. The SMILES string of the molecule is O=C1CCC(N2Cc3c(NC(=O)Cn4cc(-c5cn6ccccc6n5)nn4)cccc3C2=O)C(=O)N1. The molecule has 1 aromatic carbocycles. The lowest BCUT2D eigenvalue weighted by molar-refractivity contribution is -0.137. The first-order valence-electron chi connectivity index (χ1n) is 11.4. The van der Waals surface area contributed by atoms with Crippen molar-refractivity contribution in [1.82, 2.24) is 34.6 Å². The van der Waals surface area contributed by atoms with Gasteiger partial charge in [0.2, 0.25) is 17.7 Å². The maximum absolute atomic E-state index is 13.0. The van der Waals surface area contributed by atoms with Gasteiger partial charge in [-0.1, -0.05) is 17.3 Å². The molecule has 4 aromatic rings. The van der Waals surface area contributed by atoms with E-state index >= 15 is 0 Å². The predicted octanol–water partition coefficient (Wildman–Crippen LogP) is 0.992. The lowest BCUT2D eigenvalue weighted by atomic mass is 10.0. The summed E-state index contributed by atoms with van der Waals surface area (Å²) < 4.78 is 3.29. The molecule has 180 valence electrons. The van der Waals surface area contributed by atoms with E-state index in [1.54, 1.807) is 24.4 Å². The van der Waals surface area contributed by atoms with Crippen LogP contribution < -0.4 is 10.6 Å². The van der Waals surface area contributed by atoms with Crippen LogP contribution in [0.1, 0.15) is 28.8 Å². The number of carbonyl (C=O) groups is 4. The standard InChI is InChI=1S/C24H20N8O4/c33-21-8-7-19(23(35)27-21)32-10-15-14(24(32)36)4-3-5-16(15)26-22(34)13-31-12-18(28-29-31)17-11-30-9-2-1-6-20(30)25-17/h1-6,9,11-12,19H,7-8,10,13H2,(H,26,34)(H,27,33,35). The van der Waals surface area contributed by atoms with Gasteiger partial charge in [0.15, 0.2) is 0 Å². The Hall–Kier alpha value is -4.87. The molecule has 1 unspecified atom stereocenters. The molecule has 0 aliphatic carbocycles. The Morgan fingerprint density at radius 1 is 1.08 bits per heavy atom. The van der Waals surface area contributed by atoms with Crippen LogP contribution in [0.25, 0.3) is 17.0 Å². The van der Waals surface area contributed by atoms with Crippen molar-refractivity contribution in [3.8, 4) is 11.4 Å². The Kier molecular flexibility index (Phi) is 5.06. The number of pyridine rings is 1. The molecule has 4 amide bonds. The van der Waals surface area contributed by atoms with Crippen molar-refractivity contribution in [2.75, 3.05) is 5.32 Å². The molecule has 2 N–H and O–H groups in total. The normalized spacial score (nSPS) is 17.4. The third kappa shape index (κ3) is 3.78. The lowest BCUT2D eigenvalue weighted by Crippen LogP contribution is -2.52. The van der Waals surface area contributed by atoms with Gasteiger partial charge >= 0.3 is 0 Å². The summed E-state index contributed by atoms with van der Waals surface area (Å²) in [5, 5.41) is 13.3. The molecular formula is C24H20N8O4. The highest BCUT2D eigenvalue weighted by atomic mass is 16.2. The molecule has 0 radical (unpaired) electrons. The maximum atomic E-state index is 13.0. The van der Waals surface area contributed by atoms with Gasteiger partial charge in [0, 0.05) is 42.2 Å². The van der Waals surface area contributed by atoms with Crippen molar-refractivity contribution >= 4 is 35.0 Å². The van der Waals surface area contributed by atoms with Gasteiger partial charge in [0.05, 0.1) is 6.20 Å². The Bertz CT molecular complexity index is 1520. The fourth-order valence-electron chi connectivity index (χ4n) is 4.59. The second-order valence-electron chi connectivity index (χ2n) is 8.67. The van der Waals surface area contributed by atoms with Crippen molar-refractivity contribution in [2.45, 2.75) is 32.0 Å². The number of nitrogens with zero attached hydrogens (tertiary/aromatic N) is 6. The molecule has 36 heavy (non-hydrogen) atoms. The summed E-state index contributed by atoms with van der Waals surface area (Å²) in [5.41, 5.74) is 3.50. The number of imide groups is 1. The Morgan fingerprint density at radius 3 is 2.81 bits per heavy atom. The number of nitrogens with one attached hydrogen (secondary N) is 2. The summed E-state index contributed by atoms with van der Waals surface area (Å²) in [6, 6.07) is 10.0. The van der Waals surface area contributed by atoms with Gasteiger partial charge in [0.1, 0.15) is 29.6 Å². The van der Waals surface area contributed by atoms with E-state index < -0.39 is 11.9 Å². The van der Waals surface area contributed by atoms with Gasteiger partial charge in [-0.05, 0) is 30.7 Å². The molecule has 0 saturated carbocycles. The Balaban J connectivity index is 1.16. The van der Waals surface area contributed by atoms with Gasteiger partial charge in [-0.25, -0.2) is 9.67 Å². The molecule has 1 atom stereocenters. The van der Waals surface area contributed by atoms with Crippen LogP contribution in [0.2, 0.25) is 0 Å². The summed E-state index contributed by atoms with van der Waals surface area (Å²) in [6.45, 7) is 0.0765. The number of rotatable bonds is 5. The summed E-state index contributed by atoms with van der Waals surface area (Å²) in [6.07, 6.45) is 5.81. The third-order valence-corrected chi connectivity index (χ3v) is 6.33. The number of amides is 4. The zero-order valence-corrected chi connectivity index (χ0v) is 18.9. The van der Waals surface area contributed by atoms with Crippen LogP contribution in [-0.2, 0) is 27.5 Å². The van der Waals surface area contributed by atoms with Crippen LogP contribution >= 0.6 is 0 Å². The zero-order chi connectivity index (χ0) is 24.8. The van der Waals surface area contributed by atoms with E-state index in [0.717, 1.165) is 5.65 Å². The molecule has 2 aliphatic heterocycles. The van der Waals surface area contributed by atoms with E-state index in [1.165, 1.54) is 9.58 Å². The second kappa shape index (κ2) is 8.41. The van der Waals surface area contributed by atoms with Crippen molar-refractivity contribution in [2.24, 2.45) is 0 Å². The second-order valence-corrected chi connectivity index (χ2v) is 8.67. The summed E-state index contributed by atoms with van der Waals surface area (Å²) in [4.78, 5) is 55.5. The maximum Gasteiger partial charge on any atom is 0.255 e. The molecule has 1 saturated heterocycles. The van der Waals surface area contributed by atoms with Crippen LogP contribution in [0.15, 0.2) is 55.0 Å². The van der Waals surface area contributed by atoms with E-state index in [2.05, 4.69) is 25.9 Å². The number of carbonyl (C=O) groups excluding carboxylic acids is 4. The smallest absolute Gasteiger partial charge is 0.255 e. The van der Waals surface area contributed by atoms with Crippen LogP contribution in [-0.4, -0.2) is 58.9 Å². The highest BCUT2D eigenvalue weighted by Gasteiger charge is 2.39. The lowest BCUT2D eigenvalue weighted by Gasteiger charge is -2.29. The number of aromatic nitrogens is 5. The first-order valence-corrected chi connectivity index (χ1v) is 11.4. The quantitative estimate of drug-likeness (QED) is 0.402. The number of fused-ring (bicyclic) bond motifs is 2. The minimum Gasteiger partial charge on any atom is -0.324 e. The molecule has 3 aromatic heterocycles. The molecule has 2 aliphatic rings. The highest BCUT2D eigenvalue weighted by molar-refractivity contribution is 6.06. The van der Waals surface area contributed by atoms with Crippen LogP contribution in [0, 0.1) is 0 Å². The highest BCUT2D eigenvalue weighted by Crippen LogP contribution is 2.32. The van der Waals surface area contributed by atoms with E-state index in [-0.39, 0.29) is 43.7 Å². The van der Waals surface area contributed by atoms with Crippen LogP contribution in [0.5, 0.6) is 0 Å². The van der Waals surface area contributed by atoms with Crippen molar-refractivity contribution in [1.29, 1.82) is 0 Å². The Morgan fingerprint density at radius 2 is 1.97 bits per heavy atom. The minimum absolute atomic E-state index is 0.0885. The number of anilines is 1. The molecule has 1 fully saturated rings. The van der Waals surface area contributed by atoms with Crippen LogP contribution in [0.3, 0.4) is 0 Å². The van der Waals surface area contributed by atoms with Crippen molar-refractivity contribution in [3.05, 3.63) is 66.1 Å². The van der Waals surface area contributed by atoms with Gasteiger partial charge in [-0.15, -0.1) is 5.10 Å². The monoisotopic (exact) mass is 484 g/mol. The molecular weight excluding hydrogens is 464 g/mol. The average molecular weight is 484 g/mol. The fourth-order valence-corrected chi connectivity index (χ4v) is 4.59. The van der Waals surface area contributed by atoms with E-state index in [1.807, 2.05) is 35.0 Å². The number of imidazole rings is 1. The van der Waals surface area contributed by atoms with E-state index in [0.29, 0.717) is 28.2 Å². The minimum atomic E-state index is -0.723. The topological polar surface area (TPSA) is 144 Å². The Labute approximate surface area is 203 Å². The van der Waals surface area contributed by atoms with Crippen molar-refractivity contribution < 1.29 is 19.2 Å². The van der Waals surface area contributed by atoms with Gasteiger partial charge in [0.25, 0.3) is 5.91 Å². The third-order valence-electron chi connectivity index (χ3n) is 6.33. The molecule has 0 spiro atoms. The predicted molar refractivity (Wildman–Crippen MR) is 125 cm³/mol. The first-order chi connectivity index (χ1) is 17.5. The number of hydrogen-bond acceptors (Lipinski definition) is 7. The molecule has 0 bridgehead atoms. The zero-order valence-electron chi connectivity index (χ0n) is 18.9. The molecule has 12 nitrogen and oxygen atoms in total. The van der Waals surface area contributed by atoms with Crippen LogP contribution in [0.4, 0.5) is 5.69 Å². The fraction of sp³-hybridized carbons (Fsp3) is 0.208.